The highest BCUT2D eigenvalue weighted by molar-refractivity contribution is 5.68. The van der Waals surface area contributed by atoms with Crippen LogP contribution in [0, 0.1) is 0 Å². The van der Waals surface area contributed by atoms with Crippen molar-refractivity contribution in [1.29, 1.82) is 0 Å². The highest BCUT2D eigenvalue weighted by Gasteiger charge is 1.99. The van der Waals surface area contributed by atoms with E-state index in [1.807, 2.05) is 0 Å². The molecule has 0 aliphatic carbocycles. The van der Waals surface area contributed by atoms with Crippen molar-refractivity contribution in [3.8, 4) is 0 Å². The standard InChI is InChI=1S/C18H35NO2/c1-2-3-4-5-6-7-8-9-10-11-12-13-14-15-16-17-18(20)21-19/h9-10H,2-8,11-17,19H2,1H3/b10-9+. The maximum atomic E-state index is 10.8. The first kappa shape index (κ1) is 20.2. The lowest BCUT2D eigenvalue weighted by atomic mass is 10.1. The predicted octanol–water partition coefficient (Wildman–Crippen LogP) is 5.44. The van der Waals surface area contributed by atoms with Crippen LogP contribution in [0.1, 0.15) is 96.8 Å². The topological polar surface area (TPSA) is 52.3 Å². The lowest BCUT2D eigenvalue weighted by Gasteiger charge is -2.00. The van der Waals surface area contributed by atoms with Gasteiger partial charge < -0.3 is 4.84 Å². The second-order valence-electron chi connectivity index (χ2n) is 5.82. The maximum absolute atomic E-state index is 10.8. The van der Waals surface area contributed by atoms with Crippen LogP contribution in [0.4, 0.5) is 0 Å². The molecular weight excluding hydrogens is 262 g/mol. The Hall–Kier alpha value is -0.830. The summed E-state index contributed by atoms with van der Waals surface area (Å²) in [5, 5.41) is 0. The number of carbonyl (C=O) groups excluding carboxylic acids is 1. The van der Waals surface area contributed by atoms with E-state index in [1.165, 1.54) is 70.6 Å². The summed E-state index contributed by atoms with van der Waals surface area (Å²) in [4.78, 5) is 14.9. The van der Waals surface area contributed by atoms with Crippen LogP contribution in [0.5, 0.6) is 0 Å². The van der Waals surface area contributed by atoms with Crippen molar-refractivity contribution in [1.82, 2.24) is 0 Å². The Balaban J connectivity index is 3.10. The van der Waals surface area contributed by atoms with Gasteiger partial charge in [-0.3, -0.25) is 4.79 Å². The zero-order valence-electron chi connectivity index (χ0n) is 13.9. The molecule has 124 valence electrons. The summed E-state index contributed by atoms with van der Waals surface area (Å²) in [5.74, 6) is 4.48. The van der Waals surface area contributed by atoms with Gasteiger partial charge in [0.25, 0.3) is 0 Å². The molecule has 0 spiro atoms. The zero-order valence-corrected chi connectivity index (χ0v) is 13.9. The first-order valence-corrected chi connectivity index (χ1v) is 8.85. The van der Waals surface area contributed by atoms with E-state index < -0.39 is 0 Å². The van der Waals surface area contributed by atoms with Gasteiger partial charge in [-0.2, -0.15) is 5.90 Å². The van der Waals surface area contributed by atoms with Gasteiger partial charge in [-0.15, -0.1) is 0 Å². The van der Waals surface area contributed by atoms with Crippen LogP contribution in [-0.4, -0.2) is 5.97 Å². The van der Waals surface area contributed by atoms with Crippen molar-refractivity contribution in [2.45, 2.75) is 96.8 Å². The molecule has 2 N–H and O–H groups in total. The molecule has 0 aromatic carbocycles. The minimum atomic E-state index is -0.298. The fourth-order valence-corrected chi connectivity index (χ4v) is 2.40. The smallest absolute Gasteiger partial charge is 0.324 e. The highest BCUT2D eigenvalue weighted by atomic mass is 16.7. The summed E-state index contributed by atoms with van der Waals surface area (Å²) in [7, 11) is 0. The fourth-order valence-electron chi connectivity index (χ4n) is 2.40. The summed E-state index contributed by atoms with van der Waals surface area (Å²) in [6, 6.07) is 0. The molecule has 0 aromatic rings. The van der Waals surface area contributed by atoms with Gasteiger partial charge in [0, 0.05) is 6.42 Å². The van der Waals surface area contributed by atoms with Crippen LogP contribution in [-0.2, 0) is 9.63 Å². The molecule has 3 nitrogen and oxygen atoms in total. The van der Waals surface area contributed by atoms with E-state index in [2.05, 4.69) is 23.9 Å². The van der Waals surface area contributed by atoms with Crippen LogP contribution in [0.15, 0.2) is 12.2 Å². The fraction of sp³-hybridized carbons (Fsp3) is 0.833. The highest BCUT2D eigenvalue weighted by Crippen LogP contribution is 2.09. The lowest BCUT2D eigenvalue weighted by molar-refractivity contribution is -0.144. The van der Waals surface area contributed by atoms with Crippen molar-refractivity contribution in [3.63, 3.8) is 0 Å². The van der Waals surface area contributed by atoms with E-state index in [0.29, 0.717) is 6.42 Å². The first-order chi connectivity index (χ1) is 10.3. The van der Waals surface area contributed by atoms with Crippen molar-refractivity contribution >= 4 is 5.97 Å². The van der Waals surface area contributed by atoms with E-state index >= 15 is 0 Å². The monoisotopic (exact) mass is 297 g/mol. The van der Waals surface area contributed by atoms with Gasteiger partial charge in [-0.1, -0.05) is 70.4 Å². The van der Waals surface area contributed by atoms with Crippen molar-refractivity contribution in [2.75, 3.05) is 0 Å². The van der Waals surface area contributed by atoms with Crippen molar-refractivity contribution < 1.29 is 9.63 Å². The van der Waals surface area contributed by atoms with Gasteiger partial charge in [0.1, 0.15) is 0 Å². The van der Waals surface area contributed by atoms with Gasteiger partial charge in [0.2, 0.25) is 0 Å². The molecule has 0 amide bonds. The van der Waals surface area contributed by atoms with E-state index in [0.717, 1.165) is 12.8 Å². The van der Waals surface area contributed by atoms with Crippen molar-refractivity contribution in [3.05, 3.63) is 12.2 Å². The molecule has 0 bridgehead atoms. The number of carbonyl (C=O) groups is 1. The van der Waals surface area contributed by atoms with Gasteiger partial charge in [0.15, 0.2) is 0 Å². The molecule has 21 heavy (non-hydrogen) atoms. The Morgan fingerprint density at radius 2 is 1.29 bits per heavy atom. The number of hydrogen-bond acceptors (Lipinski definition) is 3. The van der Waals surface area contributed by atoms with Gasteiger partial charge in [-0.25, -0.2) is 0 Å². The summed E-state index contributed by atoms with van der Waals surface area (Å²) in [6.07, 6.45) is 21.5. The van der Waals surface area contributed by atoms with Gasteiger partial charge >= 0.3 is 5.97 Å². The van der Waals surface area contributed by atoms with E-state index in [9.17, 15) is 4.79 Å². The molecule has 0 saturated heterocycles. The first-order valence-electron chi connectivity index (χ1n) is 8.85. The lowest BCUT2D eigenvalue weighted by Crippen LogP contribution is -2.08. The molecule has 0 aromatic heterocycles. The van der Waals surface area contributed by atoms with E-state index in [1.54, 1.807) is 0 Å². The minimum Gasteiger partial charge on any atom is -0.373 e. The van der Waals surface area contributed by atoms with Crippen LogP contribution < -0.4 is 5.90 Å². The third-order valence-corrected chi connectivity index (χ3v) is 3.77. The Kier molecular flexibility index (Phi) is 16.5. The molecule has 0 heterocycles. The Morgan fingerprint density at radius 1 is 0.810 bits per heavy atom. The van der Waals surface area contributed by atoms with Gasteiger partial charge in [0.05, 0.1) is 0 Å². The summed E-state index contributed by atoms with van der Waals surface area (Å²) < 4.78 is 0. The van der Waals surface area contributed by atoms with E-state index in [-0.39, 0.29) is 5.97 Å². The average molecular weight is 297 g/mol. The second-order valence-corrected chi connectivity index (χ2v) is 5.82. The number of nitrogens with two attached hydrogens (primary N) is 1. The molecule has 0 radical (unpaired) electrons. The molecule has 0 unspecified atom stereocenters. The number of rotatable bonds is 15. The van der Waals surface area contributed by atoms with Crippen molar-refractivity contribution in [2.24, 2.45) is 5.90 Å². The van der Waals surface area contributed by atoms with Crippen LogP contribution in [0.2, 0.25) is 0 Å². The van der Waals surface area contributed by atoms with Gasteiger partial charge in [-0.05, 0) is 32.1 Å². The Labute approximate surface area is 131 Å². The van der Waals surface area contributed by atoms with Crippen LogP contribution in [0.3, 0.4) is 0 Å². The Bertz CT molecular complexity index is 252. The average Bonchev–Trinajstić information content (AvgIpc) is 2.50. The maximum Gasteiger partial charge on any atom is 0.324 e. The third-order valence-electron chi connectivity index (χ3n) is 3.77. The molecule has 0 aliphatic rings. The van der Waals surface area contributed by atoms with Crippen LogP contribution >= 0.6 is 0 Å². The molecule has 3 heteroatoms. The number of unbranched alkanes of at least 4 members (excludes halogenated alkanes) is 11. The van der Waals surface area contributed by atoms with E-state index in [4.69, 9.17) is 5.90 Å². The summed E-state index contributed by atoms with van der Waals surface area (Å²) in [5.41, 5.74) is 0. The molecule has 0 aliphatic heterocycles. The minimum absolute atomic E-state index is 0.298. The molecule has 0 rings (SSSR count). The normalized spacial score (nSPS) is 11.1. The second kappa shape index (κ2) is 17.2. The van der Waals surface area contributed by atoms with Crippen LogP contribution in [0.25, 0.3) is 0 Å². The molecular formula is C18H35NO2. The SMILES string of the molecule is CCCCCCCC/C=C/CCCCCCCC(=O)ON. The predicted molar refractivity (Wildman–Crippen MR) is 89.7 cm³/mol. The number of allylic oxidation sites excluding steroid dienone is 2. The zero-order chi connectivity index (χ0) is 15.6. The largest absolute Gasteiger partial charge is 0.373 e. The molecule has 0 atom stereocenters. The Morgan fingerprint density at radius 3 is 1.81 bits per heavy atom. The number of hydrogen-bond donors (Lipinski definition) is 1. The third kappa shape index (κ3) is 17.1. The molecule has 0 saturated carbocycles. The summed E-state index contributed by atoms with van der Waals surface area (Å²) in [6.45, 7) is 2.26. The quantitative estimate of drug-likeness (QED) is 0.249. The summed E-state index contributed by atoms with van der Waals surface area (Å²) >= 11 is 0. The molecule has 0 fully saturated rings.